The summed E-state index contributed by atoms with van der Waals surface area (Å²) >= 11 is 0. The molecule has 22 heavy (non-hydrogen) atoms. The summed E-state index contributed by atoms with van der Waals surface area (Å²) in [6, 6.07) is 0. The fraction of sp³-hybridized carbons (Fsp3) is 1.00. The van der Waals surface area contributed by atoms with Crippen molar-refractivity contribution >= 4 is 0 Å². The van der Waals surface area contributed by atoms with E-state index in [-0.39, 0.29) is 0 Å². The Morgan fingerprint density at radius 2 is 0.727 bits per heavy atom. The molecule has 0 aliphatic carbocycles. The monoisotopic (exact) mass is 311 g/mol. The minimum atomic E-state index is 1.31. The van der Waals surface area contributed by atoms with Gasteiger partial charge in [0.05, 0.1) is 0 Å². The molecule has 0 rings (SSSR count). The van der Waals surface area contributed by atoms with Crippen LogP contribution in [-0.4, -0.2) is 24.5 Å². The zero-order valence-corrected chi connectivity index (χ0v) is 16.2. The fourth-order valence-electron chi connectivity index (χ4n) is 3.24. The molecule has 0 heterocycles. The summed E-state index contributed by atoms with van der Waals surface area (Å²) in [4.78, 5) is 2.72. The maximum atomic E-state index is 2.72. The number of hydrogen-bond donors (Lipinski definition) is 0. The van der Waals surface area contributed by atoms with Gasteiger partial charge in [0.25, 0.3) is 0 Å². The molecule has 1 nitrogen and oxygen atoms in total. The second-order valence-electron chi connectivity index (χ2n) is 7.08. The maximum Gasteiger partial charge on any atom is -0.00187 e. The first-order valence-corrected chi connectivity index (χ1v) is 10.6. The molecular formula is C21H45N. The molecule has 0 fully saturated rings. The van der Waals surface area contributed by atoms with Gasteiger partial charge in [-0.2, -0.15) is 0 Å². The minimum absolute atomic E-state index is 1.31. The van der Waals surface area contributed by atoms with Crippen LogP contribution in [0.1, 0.15) is 117 Å². The molecule has 134 valence electrons. The highest BCUT2D eigenvalue weighted by Gasteiger charge is 2.03. The highest BCUT2D eigenvalue weighted by atomic mass is 15.1. The average Bonchev–Trinajstić information content (AvgIpc) is 2.53. The van der Waals surface area contributed by atoms with Crippen molar-refractivity contribution in [1.82, 2.24) is 4.90 Å². The summed E-state index contributed by atoms with van der Waals surface area (Å²) < 4.78 is 0. The first-order valence-electron chi connectivity index (χ1n) is 10.6. The molecule has 0 aliphatic heterocycles. The van der Waals surface area contributed by atoms with Crippen molar-refractivity contribution < 1.29 is 0 Å². The normalized spacial score (nSPS) is 11.5. The predicted molar refractivity (Wildman–Crippen MR) is 103 cm³/mol. The van der Waals surface area contributed by atoms with E-state index in [1.807, 2.05) is 0 Å². The van der Waals surface area contributed by atoms with Crippen LogP contribution in [0.4, 0.5) is 0 Å². The summed E-state index contributed by atoms with van der Waals surface area (Å²) in [6.45, 7) is 10.9. The summed E-state index contributed by atoms with van der Waals surface area (Å²) in [7, 11) is 0. The summed E-state index contributed by atoms with van der Waals surface area (Å²) in [6.07, 6.45) is 21.4. The molecule has 0 aromatic rings. The van der Waals surface area contributed by atoms with Crippen LogP contribution >= 0.6 is 0 Å². The Hall–Kier alpha value is -0.0400. The Balaban J connectivity index is 3.44. The summed E-state index contributed by atoms with van der Waals surface area (Å²) in [5.74, 6) is 0. The quantitative estimate of drug-likeness (QED) is 0.242. The molecule has 0 radical (unpaired) electrons. The third-order valence-corrected chi connectivity index (χ3v) is 4.70. The third kappa shape index (κ3) is 16.3. The van der Waals surface area contributed by atoms with E-state index >= 15 is 0 Å². The molecule has 0 aromatic heterocycles. The molecule has 1 heteroatoms. The summed E-state index contributed by atoms with van der Waals surface area (Å²) in [5, 5.41) is 0. The van der Waals surface area contributed by atoms with Crippen LogP contribution in [0, 0.1) is 0 Å². The van der Waals surface area contributed by atoms with Gasteiger partial charge >= 0.3 is 0 Å². The Kier molecular flexibility index (Phi) is 19.0. The molecule has 0 N–H and O–H groups in total. The SMILES string of the molecule is CCCCCCCCCN(CCC)CCCCCCCCC. The Bertz CT molecular complexity index is 172. The fourth-order valence-corrected chi connectivity index (χ4v) is 3.24. The van der Waals surface area contributed by atoms with Crippen molar-refractivity contribution in [3.63, 3.8) is 0 Å². The van der Waals surface area contributed by atoms with E-state index in [1.54, 1.807) is 0 Å². The molecule has 0 aromatic carbocycles. The molecular weight excluding hydrogens is 266 g/mol. The van der Waals surface area contributed by atoms with E-state index in [0.29, 0.717) is 0 Å². The first kappa shape index (κ1) is 22.0. The lowest BCUT2D eigenvalue weighted by Crippen LogP contribution is -2.27. The number of hydrogen-bond acceptors (Lipinski definition) is 1. The van der Waals surface area contributed by atoms with Gasteiger partial charge < -0.3 is 4.90 Å². The molecule has 0 bridgehead atoms. The lowest BCUT2D eigenvalue weighted by atomic mass is 10.1. The molecule has 0 saturated carbocycles. The van der Waals surface area contributed by atoms with E-state index < -0.39 is 0 Å². The second-order valence-corrected chi connectivity index (χ2v) is 7.08. The number of unbranched alkanes of at least 4 members (excludes halogenated alkanes) is 12. The second kappa shape index (κ2) is 19.0. The number of rotatable bonds is 18. The van der Waals surface area contributed by atoms with Gasteiger partial charge in [0.1, 0.15) is 0 Å². The van der Waals surface area contributed by atoms with Gasteiger partial charge in [-0.15, -0.1) is 0 Å². The molecule has 0 saturated heterocycles. The largest absolute Gasteiger partial charge is 0.303 e. The predicted octanol–water partition coefficient (Wildman–Crippen LogP) is 7.20. The van der Waals surface area contributed by atoms with Gasteiger partial charge in [-0.1, -0.05) is 97.8 Å². The van der Waals surface area contributed by atoms with E-state index in [4.69, 9.17) is 0 Å². The van der Waals surface area contributed by atoms with Crippen LogP contribution in [0.2, 0.25) is 0 Å². The van der Waals surface area contributed by atoms with E-state index in [2.05, 4.69) is 25.7 Å². The number of nitrogens with zero attached hydrogens (tertiary/aromatic N) is 1. The van der Waals surface area contributed by atoms with E-state index in [1.165, 1.54) is 116 Å². The topological polar surface area (TPSA) is 3.24 Å². The van der Waals surface area contributed by atoms with E-state index in [0.717, 1.165) is 0 Å². The van der Waals surface area contributed by atoms with Crippen LogP contribution < -0.4 is 0 Å². The first-order chi connectivity index (χ1) is 10.8. The van der Waals surface area contributed by atoms with Gasteiger partial charge in [-0.25, -0.2) is 0 Å². The average molecular weight is 312 g/mol. The minimum Gasteiger partial charge on any atom is -0.303 e. The third-order valence-electron chi connectivity index (χ3n) is 4.70. The Morgan fingerprint density at radius 3 is 1.09 bits per heavy atom. The van der Waals surface area contributed by atoms with Crippen molar-refractivity contribution in [1.29, 1.82) is 0 Å². The summed E-state index contributed by atoms with van der Waals surface area (Å²) in [5.41, 5.74) is 0. The molecule has 0 spiro atoms. The van der Waals surface area contributed by atoms with Crippen LogP contribution in [0.5, 0.6) is 0 Å². The van der Waals surface area contributed by atoms with Crippen molar-refractivity contribution in [2.75, 3.05) is 19.6 Å². The Morgan fingerprint density at radius 1 is 0.364 bits per heavy atom. The van der Waals surface area contributed by atoms with Crippen LogP contribution in [0.15, 0.2) is 0 Å². The van der Waals surface area contributed by atoms with Gasteiger partial charge in [0.2, 0.25) is 0 Å². The molecule has 0 aliphatic rings. The highest BCUT2D eigenvalue weighted by Crippen LogP contribution is 2.10. The zero-order valence-electron chi connectivity index (χ0n) is 16.2. The molecule has 0 atom stereocenters. The van der Waals surface area contributed by atoms with Gasteiger partial charge in [0, 0.05) is 0 Å². The molecule has 0 amide bonds. The van der Waals surface area contributed by atoms with Crippen molar-refractivity contribution in [2.45, 2.75) is 117 Å². The van der Waals surface area contributed by atoms with Crippen molar-refractivity contribution in [3.05, 3.63) is 0 Å². The molecule has 0 unspecified atom stereocenters. The zero-order chi connectivity index (χ0) is 16.3. The lowest BCUT2D eigenvalue weighted by molar-refractivity contribution is 0.260. The lowest BCUT2D eigenvalue weighted by Gasteiger charge is -2.21. The highest BCUT2D eigenvalue weighted by molar-refractivity contribution is 4.58. The van der Waals surface area contributed by atoms with Crippen LogP contribution in [-0.2, 0) is 0 Å². The van der Waals surface area contributed by atoms with Crippen LogP contribution in [0.3, 0.4) is 0 Å². The Labute approximate surface area is 142 Å². The van der Waals surface area contributed by atoms with Crippen molar-refractivity contribution in [2.24, 2.45) is 0 Å². The van der Waals surface area contributed by atoms with Gasteiger partial charge in [-0.05, 0) is 38.9 Å². The smallest absolute Gasteiger partial charge is 0.00187 e. The van der Waals surface area contributed by atoms with Gasteiger partial charge in [-0.3, -0.25) is 0 Å². The maximum absolute atomic E-state index is 2.72. The van der Waals surface area contributed by atoms with E-state index in [9.17, 15) is 0 Å². The van der Waals surface area contributed by atoms with Crippen LogP contribution in [0.25, 0.3) is 0 Å². The van der Waals surface area contributed by atoms with Crippen molar-refractivity contribution in [3.8, 4) is 0 Å². The van der Waals surface area contributed by atoms with Gasteiger partial charge in [0.15, 0.2) is 0 Å². The standard InChI is InChI=1S/C21H45N/c1-4-7-9-11-13-15-17-20-22(19-6-3)21-18-16-14-12-10-8-5-2/h4-21H2,1-3H3.